The summed E-state index contributed by atoms with van der Waals surface area (Å²) in [5.74, 6) is -0.315. The van der Waals surface area contributed by atoms with Gasteiger partial charge in [0.1, 0.15) is 5.60 Å². The topological polar surface area (TPSA) is 112 Å². The number of carbonyl (C=O) groups excluding carboxylic acids is 3. The first kappa shape index (κ1) is 28.2. The Kier molecular flexibility index (Phi) is 9.67. The number of thiophene rings is 2. The largest absolute Gasteiger partial charge is 0.444 e. The van der Waals surface area contributed by atoms with Crippen molar-refractivity contribution in [3.63, 3.8) is 0 Å². The van der Waals surface area contributed by atoms with Crippen molar-refractivity contribution < 1.29 is 19.1 Å². The molecule has 0 bridgehead atoms. The highest BCUT2D eigenvalue weighted by Gasteiger charge is 2.19. The minimum absolute atomic E-state index is 0.236. The van der Waals surface area contributed by atoms with Gasteiger partial charge in [-0.3, -0.25) is 10.1 Å². The molecule has 0 aliphatic carbocycles. The van der Waals surface area contributed by atoms with Gasteiger partial charge in [0.05, 0.1) is 23.1 Å². The van der Waals surface area contributed by atoms with Gasteiger partial charge in [0.25, 0.3) is 5.91 Å². The summed E-state index contributed by atoms with van der Waals surface area (Å²) in [5, 5.41) is 18.6. The molecule has 37 heavy (non-hydrogen) atoms. The van der Waals surface area contributed by atoms with Gasteiger partial charge < -0.3 is 25.6 Å². The Bertz CT molecular complexity index is 1180. The maximum atomic E-state index is 12.9. The summed E-state index contributed by atoms with van der Waals surface area (Å²) in [6.07, 6.45) is 0.106. The molecule has 11 heteroatoms. The maximum Gasteiger partial charge on any atom is 0.412 e. The number of anilines is 3. The highest BCUT2D eigenvalue weighted by Crippen LogP contribution is 2.28. The zero-order chi connectivity index (χ0) is 27.0. The molecule has 9 nitrogen and oxygen atoms in total. The van der Waals surface area contributed by atoms with Crippen LogP contribution in [0.1, 0.15) is 49.2 Å². The van der Waals surface area contributed by atoms with Crippen molar-refractivity contribution in [2.75, 3.05) is 36.6 Å². The lowest BCUT2D eigenvalue weighted by atomic mass is 10.0. The van der Waals surface area contributed by atoms with E-state index in [1.54, 1.807) is 43.7 Å². The molecule has 1 unspecified atom stereocenters. The molecule has 2 heterocycles. The van der Waals surface area contributed by atoms with Crippen molar-refractivity contribution in [2.24, 2.45) is 0 Å². The van der Waals surface area contributed by atoms with Crippen molar-refractivity contribution in [1.82, 2.24) is 10.2 Å². The van der Waals surface area contributed by atoms with Gasteiger partial charge in [0, 0.05) is 21.7 Å². The third kappa shape index (κ3) is 9.19. The van der Waals surface area contributed by atoms with Crippen molar-refractivity contribution >= 4 is 57.8 Å². The third-order valence-electron chi connectivity index (χ3n) is 5.07. The molecule has 0 fully saturated rings. The molecule has 198 valence electrons. The van der Waals surface area contributed by atoms with Gasteiger partial charge >= 0.3 is 12.1 Å². The van der Waals surface area contributed by atoms with Crippen LogP contribution in [0.15, 0.2) is 51.9 Å². The van der Waals surface area contributed by atoms with Crippen LogP contribution >= 0.6 is 22.7 Å². The van der Waals surface area contributed by atoms with E-state index in [4.69, 9.17) is 4.74 Å². The average molecular weight is 544 g/mol. The first-order valence-electron chi connectivity index (χ1n) is 11.7. The zero-order valence-electron chi connectivity index (χ0n) is 21.6. The average Bonchev–Trinajstić information content (AvgIpc) is 3.47. The minimum Gasteiger partial charge on any atom is -0.444 e. The van der Waals surface area contributed by atoms with Crippen molar-refractivity contribution in [2.45, 2.75) is 38.8 Å². The highest BCUT2D eigenvalue weighted by molar-refractivity contribution is 7.09. The Morgan fingerprint density at radius 1 is 0.919 bits per heavy atom. The number of benzene rings is 1. The summed E-state index contributed by atoms with van der Waals surface area (Å²) in [5.41, 5.74) is 2.41. The zero-order valence-corrected chi connectivity index (χ0v) is 23.2. The highest BCUT2D eigenvalue weighted by atomic mass is 32.1. The summed E-state index contributed by atoms with van der Waals surface area (Å²) in [6, 6.07) is 8.44. The van der Waals surface area contributed by atoms with Gasteiger partial charge in [-0.25, -0.2) is 9.59 Å². The van der Waals surface area contributed by atoms with Crippen molar-refractivity contribution in [3.8, 4) is 0 Å². The van der Waals surface area contributed by atoms with Crippen LogP contribution in [0.25, 0.3) is 0 Å². The molecule has 2 aromatic heterocycles. The number of carbonyl (C=O) groups is 3. The Hall–Kier alpha value is -3.41. The molecule has 4 N–H and O–H groups in total. The first-order valence-corrected chi connectivity index (χ1v) is 13.6. The number of nitrogens with zero attached hydrogens (tertiary/aromatic N) is 1. The van der Waals surface area contributed by atoms with Crippen LogP contribution in [0.2, 0.25) is 0 Å². The van der Waals surface area contributed by atoms with Crippen LogP contribution in [-0.2, 0) is 4.74 Å². The summed E-state index contributed by atoms with van der Waals surface area (Å²) in [6.45, 7) is 6.12. The van der Waals surface area contributed by atoms with Crippen molar-refractivity contribution in [1.29, 1.82) is 0 Å². The summed E-state index contributed by atoms with van der Waals surface area (Å²) >= 11 is 2.86. The van der Waals surface area contributed by atoms with Gasteiger partial charge in [-0.15, -0.1) is 11.3 Å². The molecule has 0 spiro atoms. The van der Waals surface area contributed by atoms with E-state index in [0.29, 0.717) is 23.4 Å². The van der Waals surface area contributed by atoms with E-state index >= 15 is 0 Å². The normalized spacial score (nSPS) is 12.1. The standard InChI is InChI=1S/C26H33N5O4S2/c1-26(2,3)35-25(34)30-22-16-37-15-21(22)28-23(32)18-8-6-17(7-9-18)20(10-12-31(4)5)29-24(33)27-19-11-13-36-14-19/h6-9,11,13-16,20H,10,12H2,1-5H3,(H,28,32)(H,30,34)(H2,27,29,33). The second-order valence-corrected chi connectivity index (χ2v) is 11.2. The lowest BCUT2D eigenvalue weighted by Gasteiger charge is -2.21. The molecule has 0 aliphatic rings. The monoisotopic (exact) mass is 543 g/mol. The quantitative estimate of drug-likeness (QED) is 0.256. The summed E-state index contributed by atoms with van der Waals surface area (Å²) in [4.78, 5) is 39.6. The predicted octanol–water partition coefficient (Wildman–Crippen LogP) is 6.22. The number of ether oxygens (including phenoxy) is 1. The van der Waals surface area contributed by atoms with Crippen LogP contribution in [0, 0.1) is 0 Å². The fourth-order valence-electron chi connectivity index (χ4n) is 3.34. The van der Waals surface area contributed by atoms with Crippen LogP contribution in [0.3, 0.4) is 0 Å². The maximum absolute atomic E-state index is 12.9. The smallest absolute Gasteiger partial charge is 0.412 e. The number of rotatable bonds is 9. The SMILES string of the molecule is CN(C)CCC(NC(=O)Nc1ccsc1)c1ccc(C(=O)Nc2cscc2NC(=O)OC(C)(C)C)cc1. The molecule has 3 rings (SSSR count). The predicted molar refractivity (Wildman–Crippen MR) is 151 cm³/mol. The number of nitrogens with one attached hydrogen (secondary N) is 4. The summed E-state index contributed by atoms with van der Waals surface area (Å²) in [7, 11) is 3.96. The molecule has 1 aromatic carbocycles. The molecule has 0 saturated carbocycles. The Morgan fingerprint density at radius 2 is 1.59 bits per heavy atom. The Balaban J connectivity index is 1.65. The molecular formula is C26H33N5O4S2. The fraction of sp³-hybridized carbons (Fsp3) is 0.346. The number of hydrogen-bond acceptors (Lipinski definition) is 7. The van der Waals surface area contributed by atoms with E-state index in [2.05, 4.69) is 26.2 Å². The molecule has 4 amide bonds. The molecule has 1 atom stereocenters. The molecule has 0 saturated heterocycles. The minimum atomic E-state index is -0.630. The van der Waals surface area contributed by atoms with E-state index in [1.165, 1.54) is 22.7 Å². The molecular weight excluding hydrogens is 510 g/mol. The first-order chi connectivity index (χ1) is 17.5. The van der Waals surface area contributed by atoms with Gasteiger partial charge in [-0.2, -0.15) is 11.3 Å². The number of urea groups is 1. The van der Waals surface area contributed by atoms with Gasteiger partial charge in [0.15, 0.2) is 0 Å². The molecule has 0 radical (unpaired) electrons. The van der Waals surface area contributed by atoms with Gasteiger partial charge in [0.2, 0.25) is 0 Å². The van der Waals surface area contributed by atoms with Crippen molar-refractivity contribution in [3.05, 3.63) is 63.0 Å². The third-order valence-corrected chi connectivity index (χ3v) is 6.50. The Morgan fingerprint density at radius 3 is 2.19 bits per heavy atom. The fourth-order valence-corrected chi connectivity index (χ4v) is 4.64. The van der Waals surface area contributed by atoms with Crippen LogP contribution in [0.5, 0.6) is 0 Å². The van der Waals surface area contributed by atoms with E-state index in [9.17, 15) is 14.4 Å². The van der Waals surface area contributed by atoms with Gasteiger partial charge in [-0.05, 0) is 77.0 Å². The second kappa shape index (κ2) is 12.7. The van der Waals surface area contributed by atoms with E-state index in [1.807, 2.05) is 43.1 Å². The Labute approximate surface area is 225 Å². The molecule has 3 aromatic rings. The number of hydrogen-bond donors (Lipinski definition) is 4. The lowest BCUT2D eigenvalue weighted by Crippen LogP contribution is -2.34. The molecule has 0 aliphatic heterocycles. The van der Waals surface area contributed by atoms with Gasteiger partial charge in [-0.1, -0.05) is 12.1 Å². The summed E-state index contributed by atoms with van der Waals surface area (Å²) < 4.78 is 5.29. The van der Waals surface area contributed by atoms with Crippen LogP contribution in [0.4, 0.5) is 26.7 Å². The van der Waals surface area contributed by atoms with E-state index in [-0.39, 0.29) is 18.0 Å². The lowest BCUT2D eigenvalue weighted by molar-refractivity contribution is 0.0635. The number of amides is 4. The second-order valence-electron chi connectivity index (χ2n) is 9.66. The van der Waals surface area contributed by atoms with E-state index in [0.717, 1.165) is 17.8 Å². The van der Waals surface area contributed by atoms with Crippen LogP contribution in [-0.4, -0.2) is 49.2 Å². The van der Waals surface area contributed by atoms with Crippen LogP contribution < -0.4 is 21.3 Å². The van der Waals surface area contributed by atoms with E-state index < -0.39 is 11.7 Å².